The van der Waals surface area contributed by atoms with Crippen molar-refractivity contribution in [2.24, 2.45) is 0 Å². The summed E-state index contributed by atoms with van der Waals surface area (Å²) in [7, 11) is 0. The van der Waals surface area contributed by atoms with E-state index < -0.39 is 17.7 Å². The third-order valence-electron chi connectivity index (χ3n) is 5.89. The fourth-order valence-electron chi connectivity index (χ4n) is 3.98. The Morgan fingerprint density at radius 2 is 1.86 bits per heavy atom. The Morgan fingerprint density at radius 1 is 1.09 bits per heavy atom. The Labute approximate surface area is 203 Å². The number of urea groups is 1. The summed E-state index contributed by atoms with van der Waals surface area (Å²) in [6.07, 6.45) is 0. The molecular formula is C24H22F2N6O2S. The summed E-state index contributed by atoms with van der Waals surface area (Å²) in [4.78, 5) is 34.0. The molecule has 2 amide bonds. The van der Waals surface area contributed by atoms with Gasteiger partial charge in [-0.05, 0) is 24.6 Å². The zero-order chi connectivity index (χ0) is 24.5. The van der Waals surface area contributed by atoms with Crippen LogP contribution >= 0.6 is 11.3 Å². The third-order valence-corrected chi connectivity index (χ3v) is 6.83. The van der Waals surface area contributed by atoms with Crippen molar-refractivity contribution >= 4 is 28.0 Å². The van der Waals surface area contributed by atoms with E-state index in [9.17, 15) is 18.4 Å². The molecule has 0 bridgehead atoms. The van der Waals surface area contributed by atoms with Crippen molar-refractivity contribution in [2.45, 2.75) is 13.5 Å². The van der Waals surface area contributed by atoms with Crippen molar-refractivity contribution in [1.82, 2.24) is 24.4 Å². The number of piperazine rings is 1. The van der Waals surface area contributed by atoms with E-state index in [1.807, 2.05) is 31.2 Å². The fourth-order valence-corrected chi connectivity index (χ4v) is 5.00. The van der Waals surface area contributed by atoms with Crippen molar-refractivity contribution in [3.05, 3.63) is 81.8 Å². The van der Waals surface area contributed by atoms with E-state index in [1.54, 1.807) is 4.90 Å². The number of carbonyl (C=O) groups is 1. The highest BCUT2D eigenvalue weighted by atomic mass is 32.1. The molecule has 180 valence electrons. The van der Waals surface area contributed by atoms with Gasteiger partial charge in [0, 0.05) is 50.4 Å². The second-order valence-electron chi connectivity index (χ2n) is 8.32. The maximum absolute atomic E-state index is 13.8. The first-order valence-electron chi connectivity index (χ1n) is 11.1. The smallest absolute Gasteiger partial charge is 0.322 e. The van der Waals surface area contributed by atoms with Gasteiger partial charge in [-0.15, -0.1) is 0 Å². The van der Waals surface area contributed by atoms with Crippen LogP contribution in [0.2, 0.25) is 0 Å². The van der Waals surface area contributed by atoms with Gasteiger partial charge in [0.05, 0.1) is 11.4 Å². The van der Waals surface area contributed by atoms with Crippen LogP contribution < -0.4 is 10.9 Å². The van der Waals surface area contributed by atoms with E-state index in [0.717, 1.165) is 28.3 Å². The number of nitrogens with one attached hydrogen (secondary N) is 1. The number of halogens is 2. The lowest BCUT2D eigenvalue weighted by atomic mass is 10.1. The molecule has 1 fully saturated rings. The van der Waals surface area contributed by atoms with Crippen molar-refractivity contribution < 1.29 is 13.6 Å². The van der Waals surface area contributed by atoms with Gasteiger partial charge in [0.1, 0.15) is 16.6 Å². The number of aryl methyl sites for hydroxylation is 1. The van der Waals surface area contributed by atoms with Gasteiger partial charge >= 0.3 is 6.03 Å². The monoisotopic (exact) mass is 496 g/mol. The molecule has 0 unspecified atom stereocenters. The molecule has 4 aromatic rings. The van der Waals surface area contributed by atoms with Crippen LogP contribution in [0, 0.1) is 18.6 Å². The summed E-state index contributed by atoms with van der Waals surface area (Å²) >= 11 is 1.37. The first-order chi connectivity index (χ1) is 16.9. The largest absolute Gasteiger partial charge is 0.322 e. The second-order valence-corrected chi connectivity index (χ2v) is 9.28. The zero-order valence-corrected chi connectivity index (χ0v) is 19.7. The molecule has 1 aliphatic heterocycles. The summed E-state index contributed by atoms with van der Waals surface area (Å²) in [5.41, 5.74) is 2.39. The number of rotatable bonds is 4. The van der Waals surface area contributed by atoms with Gasteiger partial charge in [0.2, 0.25) is 4.96 Å². The van der Waals surface area contributed by atoms with Gasteiger partial charge in [0.25, 0.3) is 5.56 Å². The molecule has 1 N–H and O–H groups in total. The van der Waals surface area contributed by atoms with E-state index in [0.29, 0.717) is 43.4 Å². The first-order valence-corrected chi connectivity index (χ1v) is 11.9. The van der Waals surface area contributed by atoms with Crippen molar-refractivity contribution in [2.75, 3.05) is 31.5 Å². The molecule has 0 aliphatic carbocycles. The van der Waals surface area contributed by atoms with Gasteiger partial charge in [-0.25, -0.2) is 18.6 Å². The third kappa shape index (κ3) is 4.91. The highest BCUT2D eigenvalue weighted by molar-refractivity contribution is 7.19. The van der Waals surface area contributed by atoms with Crippen LogP contribution in [0.4, 0.5) is 19.3 Å². The minimum atomic E-state index is -0.821. The van der Waals surface area contributed by atoms with Crippen LogP contribution in [0.5, 0.6) is 0 Å². The normalized spacial score (nSPS) is 14.4. The lowest BCUT2D eigenvalue weighted by Gasteiger charge is -2.34. The van der Waals surface area contributed by atoms with E-state index in [1.165, 1.54) is 28.0 Å². The molecule has 0 atom stereocenters. The molecule has 2 aromatic carbocycles. The average Bonchev–Trinajstić information content (AvgIpc) is 3.26. The number of hydrogen-bond donors (Lipinski definition) is 1. The van der Waals surface area contributed by atoms with E-state index in [-0.39, 0.29) is 11.2 Å². The molecule has 3 heterocycles. The van der Waals surface area contributed by atoms with Gasteiger partial charge in [-0.1, -0.05) is 35.6 Å². The molecule has 2 aromatic heterocycles. The Balaban J connectivity index is 1.24. The van der Waals surface area contributed by atoms with Gasteiger partial charge in [-0.2, -0.15) is 9.61 Å². The van der Waals surface area contributed by atoms with Gasteiger partial charge in [0.15, 0.2) is 0 Å². The number of amides is 2. The second kappa shape index (κ2) is 9.51. The van der Waals surface area contributed by atoms with Crippen LogP contribution in [0.3, 0.4) is 0 Å². The number of carbonyl (C=O) groups excluding carboxylic acids is 1. The van der Waals surface area contributed by atoms with Crippen molar-refractivity contribution in [3.63, 3.8) is 0 Å². The number of aromatic nitrogens is 3. The van der Waals surface area contributed by atoms with E-state index in [4.69, 9.17) is 0 Å². The maximum atomic E-state index is 13.8. The summed E-state index contributed by atoms with van der Waals surface area (Å²) in [6, 6.07) is 11.9. The highest BCUT2D eigenvalue weighted by Crippen LogP contribution is 2.27. The number of hydrogen-bond acceptors (Lipinski definition) is 6. The molecule has 1 saturated heterocycles. The Morgan fingerprint density at radius 3 is 2.60 bits per heavy atom. The molecule has 0 radical (unpaired) electrons. The van der Waals surface area contributed by atoms with Crippen LogP contribution in [0.15, 0.2) is 53.3 Å². The fraction of sp³-hybridized carbons (Fsp3) is 0.250. The molecule has 5 rings (SSSR count). The molecule has 0 spiro atoms. The first kappa shape index (κ1) is 23.1. The van der Waals surface area contributed by atoms with Gasteiger partial charge in [-0.3, -0.25) is 9.69 Å². The SMILES string of the molecule is Cc1ccccc1-c1nn2c(=O)cc(CN3CCN(C(=O)Nc4ccc(F)cc4F)CC3)nc2s1. The highest BCUT2D eigenvalue weighted by Gasteiger charge is 2.23. The maximum Gasteiger partial charge on any atom is 0.322 e. The van der Waals surface area contributed by atoms with Gasteiger partial charge < -0.3 is 10.2 Å². The molecule has 8 nitrogen and oxygen atoms in total. The predicted octanol–water partition coefficient (Wildman–Crippen LogP) is 3.75. The number of benzene rings is 2. The predicted molar refractivity (Wildman–Crippen MR) is 130 cm³/mol. The number of fused-ring (bicyclic) bond motifs is 1. The minimum absolute atomic E-state index is 0.0635. The Hall–Kier alpha value is -3.70. The quantitative estimate of drug-likeness (QED) is 0.465. The summed E-state index contributed by atoms with van der Waals surface area (Å²) in [6.45, 7) is 4.45. The molecule has 11 heteroatoms. The van der Waals surface area contributed by atoms with Crippen molar-refractivity contribution in [3.8, 4) is 10.6 Å². The van der Waals surface area contributed by atoms with Crippen LogP contribution in [-0.4, -0.2) is 56.6 Å². The van der Waals surface area contributed by atoms with Crippen molar-refractivity contribution in [1.29, 1.82) is 0 Å². The van der Waals surface area contributed by atoms with E-state index >= 15 is 0 Å². The lowest BCUT2D eigenvalue weighted by molar-refractivity contribution is 0.142. The topological polar surface area (TPSA) is 82.8 Å². The standard InChI is InChI=1S/C24H22F2N6O2S/c1-15-4-2-3-5-18(15)22-29-32-21(33)13-17(27-24(32)35-22)14-30-8-10-31(11-9-30)23(34)28-20-7-6-16(25)12-19(20)26/h2-7,12-13H,8-11,14H2,1H3,(H,28,34). The van der Waals surface area contributed by atoms with Crippen LogP contribution in [0.1, 0.15) is 11.3 Å². The molecular weight excluding hydrogens is 474 g/mol. The zero-order valence-electron chi connectivity index (χ0n) is 18.9. The lowest BCUT2D eigenvalue weighted by Crippen LogP contribution is -2.49. The van der Waals surface area contributed by atoms with Crippen LogP contribution in [0.25, 0.3) is 15.5 Å². The summed E-state index contributed by atoms with van der Waals surface area (Å²) in [5.74, 6) is -1.52. The number of anilines is 1. The summed E-state index contributed by atoms with van der Waals surface area (Å²) in [5, 5.41) is 7.68. The Kier molecular flexibility index (Phi) is 6.27. The molecule has 0 saturated carbocycles. The average molecular weight is 497 g/mol. The number of nitrogens with zero attached hydrogens (tertiary/aromatic N) is 5. The van der Waals surface area contributed by atoms with E-state index in [2.05, 4.69) is 20.3 Å². The summed E-state index contributed by atoms with van der Waals surface area (Å²) < 4.78 is 28.2. The molecule has 35 heavy (non-hydrogen) atoms. The molecule has 1 aliphatic rings. The minimum Gasteiger partial charge on any atom is -0.322 e. The van der Waals surface area contributed by atoms with Crippen LogP contribution in [-0.2, 0) is 6.54 Å². The Bertz CT molecular complexity index is 1460.